The lowest BCUT2D eigenvalue weighted by Gasteiger charge is -2.16. The molecule has 0 bridgehead atoms. The van der Waals surface area contributed by atoms with E-state index >= 15 is 0 Å². The molecule has 4 nitrogen and oxygen atoms in total. The Bertz CT molecular complexity index is 1180. The van der Waals surface area contributed by atoms with Crippen molar-refractivity contribution in [2.24, 2.45) is 5.73 Å². The summed E-state index contributed by atoms with van der Waals surface area (Å²) in [4.78, 5) is 24.6. The van der Waals surface area contributed by atoms with Crippen LogP contribution in [0.1, 0.15) is 15.9 Å². The van der Waals surface area contributed by atoms with Crippen LogP contribution in [0.2, 0.25) is 0 Å². The average molecular weight is 368 g/mol. The van der Waals surface area contributed by atoms with Gasteiger partial charge in [-0.25, -0.2) is 0 Å². The summed E-state index contributed by atoms with van der Waals surface area (Å²) in [5.41, 5.74) is 7.01. The maximum absolute atomic E-state index is 12.7. The molecule has 0 saturated carbocycles. The highest BCUT2D eigenvalue weighted by atomic mass is 16.2. The SMILES string of the molecule is NC(=O)[C@@H](Cc1ccc2ccccc2c1)NC(=O)c1ccc2ccccc2c1. The van der Waals surface area contributed by atoms with Crippen LogP contribution < -0.4 is 11.1 Å². The van der Waals surface area contributed by atoms with Crippen molar-refractivity contribution in [3.63, 3.8) is 0 Å². The zero-order chi connectivity index (χ0) is 19.5. The van der Waals surface area contributed by atoms with Crippen LogP contribution in [0.5, 0.6) is 0 Å². The minimum absolute atomic E-state index is 0.310. The molecular formula is C24H20N2O2. The molecule has 0 aliphatic heterocycles. The molecule has 4 aromatic carbocycles. The van der Waals surface area contributed by atoms with Gasteiger partial charge in [-0.15, -0.1) is 0 Å². The summed E-state index contributed by atoms with van der Waals surface area (Å²) in [7, 11) is 0. The first-order valence-electron chi connectivity index (χ1n) is 9.17. The Kier molecular flexibility index (Phi) is 4.77. The Hall–Kier alpha value is -3.66. The highest BCUT2D eigenvalue weighted by molar-refractivity contribution is 6.00. The topological polar surface area (TPSA) is 72.2 Å². The number of benzene rings is 4. The van der Waals surface area contributed by atoms with Crippen LogP contribution >= 0.6 is 0 Å². The summed E-state index contributed by atoms with van der Waals surface area (Å²) in [5.74, 6) is -0.863. The second-order valence-corrected chi connectivity index (χ2v) is 6.88. The summed E-state index contributed by atoms with van der Waals surface area (Å²) in [6.07, 6.45) is 0.347. The molecule has 0 aliphatic rings. The fourth-order valence-electron chi connectivity index (χ4n) is 3.40. The highest BCUT2D eigenvalue weighted by Crippen LogP contribution is 2.18. The zero-order valence-electron chi connectivity index (χ0n) is 15.3. The number of rotatable bonds is 5. The van der Waals surface area contributed by atoms with E-state index in [1.54, 1.807) is 6.07 Å². The smallest absolute Gasteiger partial charge is 0.251 e. The molecule has 0 aromatic heterocycles. The van der Waals surface area contributed by atoms with Crippen molar-refractivity contribution in [2.75, 3.05) is 0 Å². The van der Waals surface area contributed by atoms with E-state index in [0.29, 0.717) is 12.0 Å². The zero-order valence-corrected chi connectivity index (χ0v) is 15.3. The molecule has 2 amide bonds. The van der Waals surface area contributed by atoms with Gasteiger partial charge >= 0.3 is 0 Å². The van der Waals surface area contributed by atoms with E-state index < -0.39 is 11.9 Å². The standard InChI is InChI=1S/C24H20N2O2/c25-23(27)22(14-16-9-10-17-5-1-3-7-19(17)13-16)26-24(28)21-12-11-18-6-2-4-8-20(18)15-21/h1-13,15,22H,14H2,(H2,25,27)(H,26,28)/t22-/m1/s1. The molecule has 4 heteroatoms. The van der Waals surface area contributed by atoms with Crippen molar-refractivity contribution in [1.29, 1.82) is 0 Å². The number of nitrogens with two attached hydrogens (primary N) is 1. The lowest BCUT2D eigenvalue weighted by Crippen LogP contribution is -2.45. The van der Waals surface area contributed by atoms with Gasteiger partial charge in [-0.2, -0.15) is 0 Å². The van der Waals surface area contributed by atoms with Gasteiger partial charge in [-0.1, -0.05) is 72.8 Å². The van der Waals surface area contributed by atoms with Crippen LogP contribution in [0.4, 0.5) is 0 Å². The minimum atomic E-state index is -0.778. The second kappa shape index (κ2) is 7.53. The number of nitrogens with one attached hydrogen (secondary N) is 1. The Morgan fingerprint density at radius 1 is 0.750 bits per heavy atom. The molecule has 0 aliphatic carbocycles. The summed E-state index contributed by atoms with van der Waals surface area (Å²) < 4.78 is 0. The molecule has 138 valence electrons. The largest absolute Gasteiger partial charge is 0.368 e. The summed E-state index contributed by atoms with van der Waals surface area (Å²) >= 11 is 0. The highest BCUT2D eigenvalue weighted by Gasteiger charge is 2.20. The number of amides is 2. The first-order chi connectivity index (χ1) is 13.6. The van der Waals surface area contributed by atoms with Gasteiger partial charge in [0.1, 0.15) is 6.04 Å². The van der Waals surface area contributed by atoms with E-state index in [9.17, 15) is 9.59 Å². The van der Waals surface area contributed by atoms with Crippen LogP contribution in [-0.2, 0) is 11.2 Å². The predicted molar refractivity (Wildman–Crippen MR) is 112 cm³/mol. The van der Waals surface area contributed by atoms with E-state index in [1.165, 1.54) is 0 Å². The van der Waals surface area contributed by atoms with Gasteiger partial charge in [0.05, 0.1) is 0 Å². The molecule has 28 heavy (non-hydrogen) atoms. The maximum atomic E-state index is 12.7. The molecule has 0 heterocycles. The molecule has 0 unspecified atom stereocenters. The van der Waals surface area contributed by atoms with Crippen LogP contribution in [0.15, 0.2) is 84.9 Å². The van der Waals surface area contributed by atoms with Gasteiger partial charge in [-0.05, 0) is 39.2 Å². The number of fused-ring (bicyclic) bond motifs is 2. The first-order valence-corrected chi connectivity index (χ1v) is 9.17. The van der Waals surface area contributed by atoms with E-state index in [2.05, 4.69) is 5.32 Å². The van der Waals surface area contributed by atoms with Crippen molar-refractivity contribution >= 4 is 33.4 Å². The van der Waals surface area contributed by atoms with Crippen LogP contribution in [0.25, 0.3) is 21.5 Å². The fourth-order valence-corrected chi connectivity index (χ4v) is 3.40. The lowest BCUT2D eigenvalue weighted by molar-refractivity contribution is -0.119. The van der Waals surface area contributed by atoms with E-state index in [1.807, 2.05) is 78.9 Å². The average Bonchev–Trinajstić information content (AvgIpc) is 2.72. The monoisotopic (exact) mass is 368 g/mol. The molecule has 4 aromatic rings. The Morgan fingerprint density at radius 3 is 1.96 bits per heavy atom. The molecular weight excluding hydrogens is 348 g/mol. The van der Waals surface area contributed by atoms with Crippen molar-refractivity contribution in [3.05, 3.63) is 96.1 Å². The Labute approximate surface area is 163 Å². The third-order valence-corrected chi connectivity index (χ3v) is 4.91. The second-order valence-electron chi connectivity index (χ2n) is 6.88. The number of carbonyl (C=O) groups excluding carboxylic acids is 2. The molecule has 1 atom stereocenters. The molecule has 0 saturated heterocycles. The van der Waals surface area contributed by atoms with Crippen molar-refractivity contribution in [1.82, 2.24) is 5.32 Å². The van der Waals surface area contributed by atoms with Gasteiger partial charge in [0.2, 0.25) is 5.91 Å². The fraction of sp³-hybridized carbons (Fsp3) is 0.0833. The van der Waals surface area contributed by atoms with Gasteiger partial charge in [0.15, 0.2) is 0 Å². The van der Waals surface area contributed by atoms with Crippen LogP contribution in [0, 0.1) is 0 Å². The number of primary amides is 1. The molecule has 4 rings (SSSR count). The van der Waals surface area contributed by atoms with Crippen LogP contribution in [0.3, 0.4) is 0 Å². The maximum Gasteiger partial charge on any atom is 0.251 e. The van der Waals surface area contributed by atoms with Crippen molar-refractivity contribution < 1.29 is 9.59 Å². The molecule has 0 spiro atoms. The predicted octanol–water partition coefficient (Wildman–Crippen LogP) is 3.82. The van der Waals surface area contributed by atoms with Crippen molar-refractivity contribution in [3.8, 4) is 0 Å². The van der Waals surface area contributed by atoms with Gasteiger partial charge in [-0.3, -0.25) is 9.59 Å². The van der Waals surface area contributed by atoms with Gasteiger partial charge in [0, 0.05) is 12.0 Å². The van der Waals surface area contributed by atoms with Gasteiger partial charge < -0.3 is 11.1 Å². The Balaban J connectivity index is 1.55. The summed E-state index contributed by atoms with van der Waals surface area (Å²) in [6, 6.07) is 26.5. The minimum Gasteiger partial charge on any atom is -0.368 e. The van der Waals surface area contributed by atoms with E-state index in [-0.39, 0.29) is 5.91 Å². The van der Waals surface area contributed by atoms with E-state index in [0.717, 1.165) is 27.1 Å². The van der Waals surface area contributed by atoms with Crippen LogP contribution in [-0.4, -0.2) is 17.9 Å². The molecule has 0 fully saturated rings. The lowest BCUT2D eigenvalue weighted by atomic mass is 10.0. The van der Waals surface area contributed by atoms with E-state index in [4.69, 9.17) is 5.73 Å². The third-order valence-electron chi connectivity index (χ3n) is 4.91. The number of hydrogen-bond acceptors (Lipinski definition) is 2. The quantitative estimate of drug-likeness (QED) is 0.562. The Morgan fingerprint density at radius 2 is 1.32 bits per heavy atom. The van der Waals surface area contributed by atoms with Gasteiger partial charge in [0.25, 0.3) is 5.91 Å². The molecule has 3 N–H and O–H groups in total. The first kappa shape index (κ1) is 17.7. The summed E-state index contributed by atoms with van der Waals surface area (Å²) in [5, 5.41) is 7.02. The summed E-state index contributed by atoms with van der Waals surface area (Å²) in [6.45, 7) is 0. The number of carbonyl (C=O) groups is 2. The third kappa shape index (κ3) is 3.71. The molecule has 0 radical (unpaired) electrons. The normalized spacial score (nSPS) is 12.0. The number of hydrogen-bond donors (Lipinski definition) is 2. The van der Waals surface area contributed by atoms with Crippen molar-refractivity contribution in [2.45, 2.75) is 12.5 Å².